The SMILES string of the molecule is OC(CC1OCCc2ccccc21)c1ccncn1. The largest absolute Gasteiger partial charge is 0.387 e. The van der Waals surface area contributed by atoms with Gasteiger partial charge < -0.3 is 9.84 Å². The lowest BCUT2D eigenvalue weighted by Gasteiger charge is -2.27. The molecular formula is C15H16N2O2. The second-order valence-corrected chi connectivity index (χ2v) is 4.69. The second-order valence-electron chi connectivity index (χ2n) is 4.69. The third-order valence-electron chi connectivity index (χ3n) is 3.48. The number of hydrogen-bond donors (Lipinski definition) is 1. The molecule has 3 rings (SSSR count). The van der Waals surface area contributed by atoms with Crippen molar-refractivity contribution in [3.05, 3.63) is 59.7 Å². The summed E-state index contributed by atoms with van der Waals surface area (Å²) in [5.74, 6) is 0. The Kier molecular flexibility index (Phi) is 3.53. The molecule has 19 heavy (non-hydrogen) atoms. The highest BCUT2D eigenvalue weighted by Crippen LogP contribution is 2.33. The van der Waals surface area contributed by atoms with E-state index in [1.807, 2.05) is 12.1 Å². The fourth-order valence-electron chi connectivity index (χ4n) is 2.49. The maximum absolute atomic E-state index is 10.2. The van der Waals surface area contributed by atoms with Gasteiger partial charge in [-0.3, -0.25) is 0 Å². The zero-order chi connectivity index (χ0) is 13.1. The Bertz CT molecular complexity index is 545. The van der Waals surface area contributed by atoms with Gasteiger partial charge in [-0.2, -0.15) is 0 Å². The molecule has 2 atom stereocenters. The van der Waals surface area contributed by atoms with Gasteiger partial charge in [0, 0.05) is 12.6 Å². The number of hydrogen-bond acceptors (Lipinski definition) is 4. The van der Waals surface area contributed by atoms with Crippen LogP contribution in [0.5, 0.6) is 0 Å². The number of fused-ring (bicyclic) bond motifs is 1. The molecule has 0 bridgehead atoms. The van der Waals surface area contributed by atoms with Crippen molar-refractivity contribution in [1.82, 2.24) is 9.97 Å². The molecule has 2 unspecified atom stereocenters. The van der Waals surface area contributed by atoms with E-state index in [9.17, 15) is 5.11 Å². The van der Waals surface area contributed by atoms with Crippen molar-refractivity contribution in [1.29, 1.82) is 0 Å². The molecule has 1 aliphatic rings. The van der Waals surface area contributed by atoms with Gasteiger partial charge in [-0.25, -0.2) is 9.97 Å². The molecule has 1 aromatic carbocycles. The number of rotatable bonds is 3. The van der Waals surface area contributed by atoms with Crippen molar-refractivity contribution >= 4 is 0 Å². The van der Waals surface area contributed by atoms with E-state index in [1.54, 1.807) is 12.3 Å². The van der Waals surface area contributed by atoms with Gasteiger partial charge in [-0.15, -0.1) is 0 Å². The topological polar surface area (TPSA) is 55.2 Å². The van der Waals surface area contributed by atoms with Crippen LogP contribution in [0.4, 0.5) is 0 Å². The fourth-order valence-corrected chi connectivity index (χ4v) is 2.49. The summed E-state index contributed by atoms with van der Waals surface area (Å²) in [4.78, 5) is 7.94. The van der Waals surface area contributed by atoms with Crippen molar-refractivity contribution in [2.75, 3.05) is 6.61 Å². The molecule has 2 heterocycles. The quantitative estimate of drug-likeness (QED) is 0.914. The van der Waals surface area contributed by atoms with Crippen LogP contribution >= 0.6 is 0 Å². The first kappa shape index (κ1) is 12.3. The van der Waals surface area contributed by atoms with E-state index in [0.717, 1.165) is 6.42 Å². The molecule has 98 valence electrons. The Hall–Kier alpha value is -1.78. The third-order valence-corrected chi connectivity index (χ3v) is 3.48. The summed E-state index contributed by atoms with van der Waals surface area (Å²) < 4.78 is 5.79. The molecule has 0 fully saturated rings. The minimum Gasteiger partial charge on any atom is -0.387 e. The zero-order valence-electron chi connectivity index (χ0n) is 10.6. The Balaban J connectivity index is 1.78. The number of benzene rings is 1. The van der Waals surface area contributed by atoms with Crippen LogP contribution in [0.1, 0.15) is 35.4 Å². The van der Waals surface area contributed by atoms with Gasteiger partial charge in [0.2, 0.25) is 0 Å². The molecule has 0 radical (unpaired) electrons. The molecule has 1 N–H and O–H groups in total. The first-order valence-electron chi connectivity index (χ1n) is 6.48. The molecule has 0 saturated carbocycles. The van der Waals surface area contributed by atoms with Gasteiger partial charge in [0.1, 0.15) is 6.33 Å². The van der Waals surface area contributed by atoms with Crippen molar-refractivity contribution in [2.45, 2.75) is 25.0 Å². The molecule has 1 aliphatic heterocycles. The highest BCUT2D eigenvalue weighted by Gasteiger charge is 2.24. The van der Waals surface area contributed by atoms with Gasteiger partial charge in [0.05, 0.1) is 24.5 Å². The molecular weight excluding hydrogens is 240 g/mol. The monoisotopic (exact) mass is 256 g/mol. The lowest BCUT2D eigenvalue weighted by atomic mass is 9.93. The molecule has 1 aromatic heterocycles. The maximum atomic E-state index is 10.2. The Labute approximate surface area is 112 Å². The minimum atomic E-state index is -0.626. The van der Waals surface area contributed by atoms with Crippen LogP contribution in [0.15, 0.2) is 42.9 Å². The molecule has 2 aromatic rings. The summed E-state index contributed by atoms with van der Waals surface area (Å²) in [5.41, 5.74) is 3.14. The Morgan fingerprint density at radius 3 is 3.05 bits per heavy atom. The van der Waals surface area contributed by atoms with Crippen molar-refractivity contribution in [3.8, 4) is 0 Å². The summed E-state index contributed by atoms with van der Waals surface area (Å²) in [6.07, 6.45) is 3.87. The van der Waals surface area contributed by atoms with Gasteiger partial charge >= 0.3 is 0 Å². The van der Waals surface area contributed by atoms with E-state index in [4.69, 9.17) is 4.74 Å². The fraction of sp³-hybridized carbons (Fsp3) is 0.333. The number of aromatic nitrogens is 2. The summed E-state index contributed by atoms with van der Waals surface area (Å²) in [6, 6.07) is 9.99. The Morgan fingerprint density at radius 1 is 1.32 bits per heavy atom. The lowest BCUT2D eigenvalue weighted by molar-refractivity contribution is 0.00278. The van der Waals surface area contributed by atoms with E-state index in [-0.39, 0.29) is 6.10 Å². The van der Waals surface area contributed by atoms with E-state index in [1.165, 1.54) is 17.5 Å². The molecule has 0 aliphatic carbocycles. The minimum absolute atomic E-state index is 0.0603. The van der Waals surface area contributed by atoms with E-state index in [2.05, 4.69) is 22.1 Å². The maximum Gasteiger partial charge on any atom is 0.115 e. The van der Waals surface area contributed by atoms with Crippen LogP contribution in [-0.2, 0) is 11.2 Å². The number of aliphatic hydroxyl groups excluding tert-OH is 1. The van der Waals surface area contributed by atoms with Crippen molar-refractivity contribution < 1.29 is 9.84 Å². The molecule has 0 amide bonds. The Morgan fingerprint density at radius 2 is 2.21 bits per heavy atom. The van der Waals surface area contributed by atoms with E-state index >= 15 is 0 Å². The van der Waals surface area contributed by atoms with Crippen LogP contribution in [0.25, 0.3) is 0 Å². The number of aliphatic hydroxyl groups is 1. The smallest absolute Gasteiger partial charge is 0.115 e. The summed E-state index contributed by atoms with van der Waals surface area (Å²) in [5, 5.41) is 10.2. The van der Waals surface area contributed by atoms with Crippen LogP contribution in [0, 0.1) is 0 Å². The number of ether oxygens (including phenoxy) is 1. The molecule has 4 heteroatoms. The van der Waals surface area contributed by atoms with Crippen molar-refractivity contribution in [3.63, 3.8) is 0 Å². The first-order chi connectivity index (χ1) is 9.34. The van der Waals surface area contributed by atoms with Gasteiger partial charge in [-0.05, 0) is 23.6 Å². The summed E-state index contributed by atoms with van der Waals surface area (Å²) in [6.45, 7) is 0.707. The standard InChI is InChI=1S/C15H16N2O2/c18-14(13-5-7-16-10-17-13)9-15-12-4-2-1-3-11(12)6-8-19-15/h1-5,7,10,14-15,18H,6,8-9H2. The van der Waals surface area contributed by atoms with E-state index < -0.39 is 6.10 Å². The molecule has 4 nitrogen and oxygen atoms in total. The highest BCUT2D eigenvalue weighted by molar-refractivity contribution is 5.31. The second kappa shape index (κ2) is 5.47. The van der Waals surface area contributed by atoms with Gasteiger partial charge in [-0.1, -0.05) is 24.3 Å². The van der Waals surface area contributed by atoms with E-state index in [0.29, 0.717) is 18.7 Å². The normalized spacial score (nSPS) is 19.7. The van der Waals surface area contributed by atoms with Crippen LogP contribution < -0.4 is 0 Å². The molecule has 0 saturated heterocycles. The predicted molar refractivity (Wildman–Crippen MR) is 70.4 cm³/mol. The molecule has 0 spiro atoms. The van der Waals surface area contributed by atoms with Crippen molar-refractivity contribution in [2.24, 2.45) is 0 Å². The van der Waals surface area contributed by atoms with Crippen LogP contribution in [-0.4, -0.2) is 21.7 Å². The van der Waals surface area contributed by atoms with Crippen LogP contribution in [0.3, 0.4) is 0 Å². The number of nitrogens with zero attached hydrogens (tertiary/aromatic N) is 2. The van der Waals surface area contributed by atoms with Crippen LogP contribution in [0.2, 0.25) is 0 Å². The average Bonchev–Trinajstić information content (AvgIpc) is 2.48. The van der Waals surface area contributed by atoms with Gasteiger partial charge in [0.25, 0.3) is 0 Å². The first-order valence-corrected chi connectivity index (χ1v) is 6.48. The highest BCUT2D eigenvalue weighted by atomic mass is 16.5. The lowest BCUT2D eigenvalue weighted by Crippen LogP contribution is -2.18. The van der Waals surface area contributed by atoms with Gasteiger partial charge in [0.15, 0.2) is 0 Å². The summed E-state index contributed by atoms with van der Waals surface area (Å²) >= 11 is 0. The third kappa shape index (κ3) is 2.64. The predicted octanol–water partition coefficient (Wildman–Crippen LogP) is 2.21. The summed E-state index contributed by atoms with van der Waals surface area (Å²) in [7, 11) is 0. The zero-order valence-corrected chi connectivity index (χ0v) is 10.6. The average molecular weight is 256 g/mol.